The monoisotopic (exact) mass is 319 g/mol. The Kier molecular flexibility index (Phi) is 3.67. The number of hydrogen-bond acceptors (Lipinski definition) is 6. The van der Waals surface area contributed by atoms with Crippen molar-refractivity contribution in [3.05, 3.63) is 22.4 Å². The summed E-state index contributed by atoms with van der Waals surface area (Å²) in [5.74, 6) is 0.955. The van der Waals surface area contributed by atoms with E-state index in [1.807, 2.05) is 0 Å². The highest BCUT2D eigenvalue weighted by Gasteiger charge is 2.40. The van der Waals surface area contributed by atoms with E-state index in [9.17, 15) is 9.90 Å². The molecule has 1 saturated carbocycles. The van der Waals surface area contributed by atoms with Gasteiger partial charge in [-0.15, -0.1) is 0 Å². The van der Waals surface area contributed by atoms with Crippen molar-refractivity contribution in [2.24, 2.45) is 13.0 Å². The maximum absolute atomic E-state index is 12.2. The Morgan fingerprint density at radius 2 is 2.35 bits per heavy atom. The number of hydrogen-bond donors (Lipinski definition) is 2. The van der Waals surface area contributed by atoms with Crippen LogP contribution in [0.15, 0.2) is 11.0 Å². The first-order valence-corrected chi connectivity index (χ1v) is 8.03. The van der Waals surface area contributed by atoms with Gasteiger partial charge in [0.2, 0.25) is 0 Å². The first-order valence-electron chi connectivity index (χ1n) is 8.03. The fourth-order valence-electron chi connectivity index (χ4n) is 3.82. The molecule has 4 rings (SSSR count). The van der Waals surface area contributed by atoms with E-state index in [4.69, 9.17) is 4.74 Å². The molecule has 0 spiro atoms. The Labute approximate surface area is 133 Å². The number of rotatable bonds is 3. The first kappa shape index (κ1) is 14.8. The molecular formula is C15H21N5O3. The summed E-state index contributed by atoms with van der Waals surface area (Å²) in [5, 5.41) is 14.0. The highest BCUT2D eigenvalue weighted by molar-refractivity contribution is 5.72. The number of H-pyrrole nitrogens is 1. The van der Waals surface area contributed by atoms with Gasteiger partial charge in [0.15, 0.2) is 5.65 Å². The van der Waals surface area contributed by atoms with E-state index in [1.54, 1.807) is 17.9 Å². The summed E-state index contributed by atoms with van der Waals surface area (Å²) in [7, 11) is 1.78. The first-order chi connectivity index (χ1) is 11.2. The molecular weight excluding hydrogens is 298 g/mol. The van der Waals surface area contributed by atoms with Crippen LogP contribution in [-0.4, -0.2) is 61.7 Å². The lowest BCUT2D eigenvalue weighted by Crippen LogP contribution is -2.48. The normalized spacial score (nSPS) is 28.3. The predicted octanol–water partition coefficient (Wildman–Crippen LogP) is -0.372. The summed E-state index contributed by atoms with van der Waals surface area (Å²) in [4.78, 5) is 21.9. The largest absolute Gasteiger partial charge is 0.396 e. The van der Waals surface area contributed by atoms with Gasteiger partial charge in [-0.05, 0) is 18.8 Å². The zero-order valence-electron chi connectivity index (χ0n) is 13.1. The molecule has 1 unspecified atom stereocenters. The maximum Gasteiger partial charge on any atom is 0.262 e. The molecule has 23 heavy (non-hydrogen) atoms. The maximum atomic E-state index is 12.2. The van der Waals surface area contributed by atoms with Gasteiger partial charge < -0.3 is 14.8 Å². The van der Waals surface area contributed by atoms with E-state index >= 15 is 0 Å². The van der Waals surface area contributed by atoms with Crippen molar-refractivity contribution in [3.63, 3.8) is 0 Å². The summed E-state index contributed by atoms with van der Waals surface area (Å²) in [6.45, 7) is 2.28. The molecule has 1 aliphatic heterocycles. The standard InChI is InChI=1S/C15H21N5O3/c1-19-14-10(6-16-19)15(22)18-13(17-14)7-20-2-3-23-12-5-9(8-21)4-11(12)20/h6,9,11-12,21H,2-5,7-8H2,1H3,(H,17,18,22)/t9-,11+,12?/m1/s1. The van der Waals surface area contributed by atoms with Gasteiger partial charge in [0, 0.05) is 26.2 Å². The Morgan fingerprint density at radius 1 is 1.48 bits per heavy atom. The van der Waals surface area contributed by atoms with Gasteiger partial charge in [0.05, 0.1) is 25.5 Å². The second-order valence-corrected chi connectivity index (χ2v) is 6.49. The van der Waals surface area contributed by atoms with Gasteiger partial charge in [-0.1, -0.05) is 0 Å². The number of nitrogens with one attached hydrogen (secondary N) is 1. The van der Waals surface area contributed by atoms with Gasteiger partial charge in [0.1, 0.15) is 11.2 Å². The molecule has 8 heteroatoms. The van der Waals surface area contributed by atoms with Gasteiger partial charge in [-0.2, -0.15) is 5.10 Å². The van der Waals surface area contributed by atoms with E-state index in [0.717, 1.165) is 19.4 Å². The highest BCUT2D eigenvalue weighted by Crippen LogP contribution is 2.34. The molecule has 1 aliphatic carbocycles. The third-order valence-corrected chi connectivity index (χ3v) is 5.01. The smallest absolute Gasteiger partial charge is 0.262 e. The van der Waals surface area contributed by atoms with Crippen molar-refractivity contribution < 1.29 is 9.84 Å². The van der Waals surface area contributed by atoms with Crippen LogP contribution in [0.25, 0.3) is 11.0 Å². The number of ether oxygens (including phenoxy) is 1. The third-order valence-electron chi connectivity index (χ3n) is 5.01. The zero-order valence-corrected chi connectivity index (χ0v) is 13.1. The Bertz CT molecular complexity index is 770. The molecule has 2 fully saturated rings. The summed E-state index contributed by atoms with van der Waals surface area (Å²) >= 11 is 0. The SMILES string of the molecule is Cn1ncc2c(=O)[nH]c(CN3CCOC4C[C@H](CO)C[C@@H]43)nc21. The van der Waals surface area contributed by atoms with Crippen LogP contribution < -0.4 is 5.56 Å². The molecule has 3 heterocycles. The molecule has 2 aliphatic rings. The van der Waals surface area contributed by atoms with Crippen LogP contribution in [-0.2, 0) is 18.3 Å². The van der Waals surface area contributed by atoms with Crippen molar-refractivity contribution in [3.8, 4) is 0 Å². The molecule has 2 aromatic rings. The summed E-state index contributed by atoms with van der Waals surface area (Å²) in [6, 6.07) is 0.286. The molecule has 0 bridgehead atoms. The van der Waals surface area contributed by atoms with Crippen LogP contribution in [0.3, 0.4) is 0 Å². The lowest BCUT2D eigenvalue weighted by atomic mass is 10.1. The Balaban J connectivity index is 1.60. The molecule has 2 N–H and O–H groups in total. The molecule has 3 atom stereocenters. The highest BCUT2D eigenvalue weighted by atomic mass is 16.5. The van der Waals surface area contributed by atoms with Crippen molar-refractivity contribution in [2.75, 3.05) is 19.8 Å². The van der Waals surface area contributed by atoms with Gasteiger partial charge in [-0.3, -0.25) is 14.4 Å². The van der Waals surface area contributed by atoms with Crippen molar-refractivity contribution in [1.29, 1.82) is 0 Å². The molecule has 124 valence electrons. The topological polar surface area (TPSA) is 96.3 Å². The average molecular weight is 319 g/mol. The fourth-order valence-corrected chi connectivity index (χ4v) is 3.82. The lowest BCUT2D eigenvalue weighted by Gasteiger charge is -2.37. The van der Waals surface area contributed by atoms with Gasteiger partial charge >= 0.3 is 0 Å². The lowest BCUT2D eigenvalue weighted by molar-refractivity contribution is -0.0598. The average Bonchev–Trinajstić information content (AvgIpc) is 3.12. The van der Waals surface area contributed by atoms with E-state index in [1.165, 1.54) is 0 Å². The Hall–Kier alpha value is -1.77. The molecule has 0 radical (unpaired) electrons. The van der Waals surface area contributed by atoms with Crippen LogP contribution in [0.5, 0.6) is 0 Å². The summed E-state index contributed by atoms with van der Waals surface area (Å²) in [5.41, 5.74) is 0.454. The minimum absolute atomic E-state index is 0.150. The summed E-state index contributed by atoms with van der Waals surface area (Å²) < 4.78 is 7.46. The minimum atomic E-state index is -0.150. The van der Waals surface area contributed by atoms with Crippen molar-refractivity contribution in [1.82, 2.24) is 24.6 Å². The number of aromatic amines is 1. The second kappa shape index (κ2) is 5.70. The quantitative estimate of drug-likeness (QED) is 0.801. The van der Waals surface area contributed by atoms with E-state index in [-0.39, 0.29) is 24.3 Å². The predicted molar refractivity (Wildman–Crippen MR) is 82.9 cm³/mol. The van der Waals surface area contributed by atoms with E-state index < -0.39 is 0 Å². The van der Waals surface area contributed by atoms with E-state index in [0.29, 0.717) is 35.9 Å². The van der Waals surface area contributed by atoms with Crippen molar-refractivity contribution >= 4 is 11.0 Å². The number of aryl methyl sites for hydroxylation is 1. The number of aliphatic hydroxyl groups is 1. The number of aliphatic hydroxyl groups excluding tert-OH is 1. The number of nitrogens with zero attached hydrogens (tertiary/aromatic N) is 4. The second-order valence-electron chi connectivity index (χ2n) is 6.49. The van der Waals surface area contributed by atoms with Gasteiger partial charge in [0.25, 0.3) is 5.56 Å². The fraction of sp³-hybridized carbons (Fsp3) is 0.667. The van der Waals surface area contributed by atoms with Crippen LogP contribution in [0.4, 0.5) is 0 Å². The van der Waals surface area contributed by atoms with Crippen LogP contribution in [0, 0.1) is 5.92 Å². The Morgan fingerprint density at radius 3 is 3.17 bits per heavy atom. The van der Waals surface area contributed by atoms with Crippen LogP contribution in [0.1, 0.15) is 18.7 Å². The number of morpholine rings is 1. The number of fused-ring (bicyclic) bond motifs is 2. The molecule has 2 aromatic heterocycles. The zero-order chi connectivity index (χ0) is 16.0. The van der Waals surface area contributed by atoms with Crippen molar-refractivity contribution in [2.45, 2.75) is 31.5 Å². The number of aromatic nitrogens is 4. The summed E-state index contributed by atoms with van der Waals surface area (Å²) in [6.07, 6.45) is 3.55. The molecule has 0 amide bonds. The molecule has 8 nitrogen and oxygen atoms in total. The van der Waals surface area contributed by atoms with Gasteiger partial charge in [-0.25, -0.2) is 4.98 Å². The molecule has 1 saturated heterocycles. The van der Waals surface area contributed by atoms with Crippen LogP contribution >= 0.6 is 0 Å². The minimum Gasteiger partial charge on any atom is -0.396 e. The third kappa shape index (κ3) is 2.56. The van der Waals surface area contributed by atoms with E-state index in [2.05, 4.69) is 20.0 Å². The molecule has 0 aromatic carbocycles. The van der Waals surface area contributed by atoms with Crippen LogP contribution in [0.2, 0.25) is 0 Å².